The fourth-order valence-corrected chi connectivity index (χ4v) is 3.82. The molecule has 39 heavy (non-hydrogen) atoms. The second-order valence-electron chi connectivity index (χ2n) is 8.95. The van der Waals surface area contributed by atoms with Crippen molar-refractivity contribution in [2.75, 3.05) is 17.7 Å². The van der Waals surface area contributed by atoms with Gasteiger partial charge in [0.25, 0.3) is 5.91 Å². The number of anilines is 2. The number of ether oxygens (including phenoxy) is 1. The fraction of sp³-hybridized carbons (Fsp3) is 0.143. The molecule has 0 atom stereocenters. The molecule has 3 heterocycles. The molecule has 0 aliphatic carbocycles. The third kappa shape index (κ3) is 5.82. The molecule has 3 N–H and O–H groups in total. The molecular formula is C28H26N8O3. The molecule has 5 rings (SSSR count). The number of nitrogens with one attached hydrogen (secondary N) is 3. The van der Waals surface area contributed by atoms with Crippen LogP contribution in [0.5, 0.6) is 11.5 Å². The number of aromatic nitrogens is 5. The standard InChI is InChI=1S/C28H26N8O3/c1-17(2)24-14-26(36(35-24)20-6-9-23-18(12-20)15-30-16-32-23)34-28(38)33-19-4-7-21(8-5-19)39-22-10-11-31-25(13-22)27(37)29-3/h4-17H,1-3H3,(H,29,37)(H2,33,34,38). The maximum Gasteiger partial charge on any atom is 0.324 e. The minimum Gasteiger partial charge on any atom is -0.457 e. The van der Waals surface area contributed by atoms with Gasteiger partial charge in [0.15, 0.2) is 0 Å². The van der Waals surface area contributed by atoms with Crippen molar-refractivity contribution < 1.29 is 14.3 Å². The Labute approximate surface area is 224 Å². The topological polar surface area (TPSA) is 136 Å². The number of pyridine rings is 1. The highest BCUT2D eigenvalue weighted by Crippen LogP contribution is 2.26. The summed E-state index contributed by atoms with van der Waals surface area (Å²) in [5.74, 6) is 1.39. The molecule has 0 aliphatic rings. The molecule has 5 aromatic rings. The lowest BCUT2D eigenvalue weighted by molar-refractivity contribution is 0.0958. The minimum absolute atomic E-state index is 0.166. The van der Waals surface area contributed by atoms with Crippen molar-refractivity contribution in [2.45, 2.75) is 19.8 Å². The summed E-state index contributed by atoms with van der Waals surface area (Å²) in [6.07, 6.45) is 4.74. The normalized spacial score (nSPS) is 10.9. The molecule has 0 radical (unpaired) electrons. The van der Waals surface area contributed by atoms with Crippen LogP contribution in [-0.2, 0) is 0 Å². The van der Waals surface area contributed by atoms with E-state index >= 15 is 0 Å². The van der Waals surface area contributed by atoms with Crippen LogP contribution in [0.3, 0.4) is 0 Å². The Morgan fingerprint density at radius 3 is 2.51 bits per heavy atom. The Bertz CT molecular complexity index is 1650. The first-order valence-corrected chi connectivity index (χ1v) is 12.2. The average molecular weight is 523 g/mol. The van der Waals surface area contributed by atoms with Crippen molar-refractivity contribution in [2.24, 2.45) is 0 Å². The van der Waals surface area contributed by atoms with E-state index in [-0.39, 0.29) is 17.5 Å². The van der Waals surface area contributed by atoms with E-state index < -0.39 is 6.03 Å². The van der Waals surface area contributed by atoms with Crippen molar-refractivity contribution >= 4 is 34.3 Å². The van der Waals surface area contributed by atoms with E-state index in [9.17, 15) is 9.59 Å². The zero-order valence-corrected chi connectivity index (χ0v) is 21.5. The summed E-state index contributed by atoms with van der Waals surface area (Å²) in [7, 11) is 1.54. The number of hydrogen-bond acceptors (Lipinski definition) is 7. The van der Waals surface area contributed by atoms with Gasteiger partial charge < -0.3 is 15.4 Å². The average Bonchev–Trinajstić information content (AvgIpc) is 3.37. The highest BCUT2D eigenvalue weighted by Gasteiger charge is 2.15. The van der Waals surface area contributed by atoms with Crippen LogP contribution in [0.4, 0.5) is 16.3 Å². The van der Waals surface area contributed by atoms with Gasteiger partial charge in [0, 0.05) is 42.6 Å². The van der Waals surface area contributed by atoms with Crippen LogP contribution in [-0.4, -0.2) is 43.7 Å². The van der Waals surface area contributed by atoms with E-state index in [2.05, 4.69) is 30.9 Å². The molecule has 11 heteroatoms. The molecule has 0 unspecified atom stereocenters. The summed E-state index contributed by atoms with van der Waals surface area (Å²) < 4.78 is 7.52. The fourth-order valence-electron chi connectivity index (χ4n) is 3.82. The lowest BCUT2D eigenvalue weighted by Crippen LogP contribution is -2.21. The summed E-state index contributed by atoms with van der Waals surface area (Å²) in [4.78, 5) is 37.1. The molecule has 2 aromatic carbocycles. The van der Waals surface area contributed by atoms with Crippen molar-refractivity contribution in [3.05, 3.63) is 90.8 Å². The summed E-state index contributed by atoms with van der Waals surface area (Å²) in [6, 6.07) is 17.2. The van der Waals surface area contributed by atoms with Crippen LogP contribution in [0, 0.1) is 0 Å². The Balaban J connectivity index is 1.29. The molecule has 0 spiro atoms. The maximum atomic E-state index is 12.9. The summed E-state index contributed by atoms with van der Waals surface area (Å²) >= 11 is 0. The molecular weight excluding hydrogens is 496 g/mol. The second kappa shape index (κ2) is 11.0. The van der Waals surface area contributed by atoms with Gasteiger partial charge in [-0.25, -0.2) is 19.4 Å². The summed E-state index contributed by atoms with van der Waals surface area (Å²) in [5, 5.41) is 13.8. The monoisotopic (exact) mass is 522 g/mol. The zero-order chi connectivity index (χ0) is 27.4. The first-order valence-electron chi connectivity index (χ1n) is 12.2. The Kier molecular flexibility index (Phi) is 7.13. The van der Waals surface area contributed by atoms with Crippen molar-refractivity contribution in [3.8, 4) is 17.2 Å². The molecule has 196 valence electrons. The predicted molar refractivity (Wildman–Crippen MR) is 148 cm³/mol. The lowest BCUT2D eigenvalue weighted by Gasteiger charge is -2.11. The molecule has 0 aliphatic heterocycles. The van der Waals surface area contributed by atoms with E-state index in [4.69, 9.17) is 9.84 Å². The molecule has 11 nitrogen and oxygen atoms in total. The number of amides is 3. The largest absolute Gasteiger partial charge is 0.457 e. The number of carbonyl (C=O) groups is 2. The molecule has 0 saturated heterocycles. The smallest absolute Gasteiger partial charge is 0.324 e. The van der Waals surface area contributed by atoms with Crippen molar-refractivity contribution in [1.29, 1.82) is 0 Å². The highest BCUT2D eigenvalue weighted by atomic mass is 16.5. The van der Waals surface area contributed by atoms with E-state index in [1.54, 1.807) is 47.3 Å². The minimum atomic E-state index is -0.423. The molecule has 3 amide bonds. The van der Waals surface area contributed by atoms with E-state index in [0.29, 0.717) is 23.0 Å². The van der Waals surface area contributed by atoms with Gasteiger partial charge >= 0.3 is 6.03 Å². The van der Waals surface area contributed by atoms with Crippen LogP contribution in [0.15, 0.2) is 79.4 Å². The lowest BCUT2D eigenvalue weighted by atomic mass is 10.1. The van der Waals surface area contributed by atoms with Crippen molar-refractivity contribution in [3.63, 3.8) is 0 Å². The number of rotatable bonds is 7. The molecule has 3 aromatic heterocycles. The van der Waals surface area contributed by atoms with Gasteiger partial charge in [0.05, 0.1) is 16.9 Å². The molecule has 0 saturated carbocycles. The predicted octanol–water partition coefficient (Wildman–Crippen LogP) is 5.13. The number of benzene rings is 2. The number of nitrogens with zero attached hydrogens (tertiary/aromatic N) is 5. The molecule has 0 bridgehead atoms. The summed E-state index contributed by atoms with van der Waals surface area (Å²) in [5.41, 5.74) is 3.25. The number of carbonyl (C=O) groups excluding carboxylic acids is 2. The first-order chi connectivity index (χ1) is 18.9. The van der Waals surface area contributed by atoms with Gasteiger partial charge in [-0.15, -0.1) is 0 Å². The van der Waals surface area contributed by atoms with Crippen LogP contribution >= 0.6 is 0 Å². The van der Waals surface area contributed by atoms with E-state index in [1.807, 2.05) is 38.1 Å². The van der Waals surface area contributed by atoms with Crippen molar-refractivity contribution in [1.82, 2.24) is 30.0 Å². The van der Waals surface area contributed by atoms with E-state index in [1.165, 1.54) is 19.6 Å². The summed E-state index contributed by atoms with van der Waals surface area (Å²) in [6.45, 7) is 4.08. The first kappa shape index (κ1) is 25.3. The number of hydrogen-bond donors (Lipinski definition) is 3. The number of fused-ring (bicyclic) bond motifs is 1. The highest BCUT2D eigenvalue weighted by molar-refractivity contribution is 5.99. The zero-order valence-electron chi connectivity index (χ0n) is 21.5. The van der Waals surface area contributed by atoms with Crippen LogP contribution in [0.1, 0.15) is 35.9 Å². The Morgan fingerprint density at radius 1 is 0.923 bits per heavy atom. The maximum absolute atomic E-state index is 12.9. The Morgan fingerprint density at radius 2 is 1.74 bits per heavy atom. The quantitative estimate of drug-likeness (QED) is 0.270. The van der Waals surface area contributed by atoms with Crippen LogP contribution in [0.25, 0.3) is 16.6 Å². The van der Waals surface area contributed by atoms with Gasteiger partial charge in [0.1, 0.15) is 29.3 Å². The van der Waals surface area contributed by atoms with Gasteiger partial charge in [0.2, 0.25) is 0 Å². The van der Waals surface area contributed by atoms with Gasteiger partial charge in [-0.05, 0) is 54.4 Å². The third-order valence-corrected chi connectivity index (χ3v) is 5.83. The van der Waals surface area contributed by atoms with Crippen LogP contribution in [0.2, 0.25) is 0 Å². The van der Waals surface area contributed by atoms with Gasteiger partial charge in [-0.2, -0.15) is 5.10 Å². The van der Waals surface area contributed by atoms with Gasteiger partial charge in [-0.3, -0.25) is 15.1 Å². The van der Waals surface area contributed by atoms with E-state index in [0.717, 1.165) is 22.3 Å². The van der Waals surface area contributed by atoms with Crippen LogP contribution < -0.4 is 20.7 Å². The Hall–Kier alpha value is -5.32. The molecule has 0 fully saturated rings. The number of urea groups is 1. The third-order valence-electron chi connectivity index (χ3n) is 5.83. The van der Waals surface area contributed by atoms with Gasteiger partial charge in [-0.1, -0.05) is 13.8 Å². The SMILES string of the molecule is CNC(=O)c1cc(Oc2ccc(NC(=O)Nc3cc(C(C)C)nn3-c3ccc4ncncc4c3)cc2)ccn1. The second-order valence-corrected chi connectivity index (χ2v) is 8.95.